The average molecular weight is 431 g/mol. The van der Waals surface area contributed by atoms with Gasteiger partial charge in [0.25, 0.3) is 0 Å². The molecule has 137 valence electrons. The van der Waals surface area contributed by atoms with Crippen molar-refractivity contribution in [2.75, 3.05) is 14.2 Å². The van der Waals surface area contributed by atoms with Gasteiger partial charge in [0.05, 0.1) is 20.0 Å². The van der Waals surface area contributed by atoms with Gasteiger partial charge in [0.1, 0.15) is 0 Å². The Morgan fingerprint density at radius 1 is 1.24 bits per heavy atom. The number of aryl methyl sites for hydroxylation is 1. The zero-order chi connectivity index (χ0) is 18.1. The molecule has 5 nitrogen and oxygen atoms in total. The third-order valence-corrected chi connectivity index (χ3v) is 2.92. The van der Waals surface area contributed by atoms with Gasteiger partial charge in [0, 0.05) is 43.2 Å². The normalized spacial score (nSPS) is 10.0. The molecule has 6 heteroatoms. The molecule has 1 N–H and O–H groups in total. The molecular weight excluding hydrogens is 409 g/mol. The molecule has 0 amide bonds. The van der Waals surface area contributed by atoms with Gasteiger partial charge in [-0.1, -0.05) is 23.3 Å². The Labute approximate surface area is 161 Å². The Hall–Kier alpha value is -2.20. The topological polar surface area (TPSA) is 68.7 Å². The maximum atomic E-state index is 10.0. The molecule has 25 heavy (non-hydrogen) atoms. The molecule has 1 aromatic carbocycles. The third kappa shape index (κ3) is 7.95. The number of carbonyl (C=O) groups is 1. The van der Waals surface area contributed by atoms with Crippen molar-refractivity contribution in [3.63, 3.8) is 0 Å². The van der Waals surface area contributed by atoms with Crippen LogP contribution >= 0.6 is 0 Å². The van der Waals surface area contributed by atoms with E-state index in [1.165, 1.54) is 19.9 Å². The number of ketones is 1. The summed E-state index contributed by atoms with van der Waals surface area (Å²) in [4.78, 5) is 14.3. The number of methoxy groups -OCH3 is 2. The first kappa shape index (κ1) is 22.8. The molecule has 1 heterocycles. The van der Waals surface area contributed by atoms with Crippen molar-refractivity contribution >= 4 is 5.78 Å². The van der Waals surface area contributed by atoms with E-state index in [4.69, 9.17) is 14.6 Å². The van der Waals surface area contributed by atoms with E-state index >= 15 is 0 Å². The second kappa shape index (κ2) is 11.4. The zero-order valence-electron chi connectivity index (χ0n) is 14.9. The summed E-state index contributed by atoms with van der Waals surface area (Å²) in [5.74, 6) is 1.37. The van der Waals surface area contributed by atoms with Gasteiger partial charge < -0.3 is 19.6 Å². The summed E-state index contributed by atoms with van der Waals surface area (Å²) < 4.78 is 10.5. The summed E-state index contributed by atoms with van der Waals surface area (Å²) in [7, 11) is 3.25. The van der Waals surface area contributed by atoms with Crippen molar-refractivity contribution in [3.05, 3.63) is 53.9 Å². The van der Waals surface area contributed by atoms with Crippen LogP contribution in [-0.4, -0.2) is 30.1 Å². The van der Waals surface area contributed by atoms with Gasteiger partial charge in [-0.3, -0.25) is 4.79 Å². The van der Waals surface area contributed by atoms with Crippen LogP contribution in [0.1, 0.15) is 19.4 Å². The number of carbonyl (C=O) groups excluding carboxylic acids is 1. The first-order chi connectivity index (χ1) is 11.4. The van der Waals surface area contributed by atoms with Crippen LogP contribution in [-0.2, 0) is 24.3 Å². The van der Waals surface area contributed by atoms with Crippen molar-refractivity contribution in [1.29, 1.82) is 0 Å². The smallest absolute Gasteiger partial charge is 0.155 e. The van der Waals surface area contributed by atoms with Gasteiger partial charge in [-0.15, -0.1) is 12.1 Å². The summed E-state index contributed by atoms with van der Waals surface area (Å²) in [6.07, 6.45) is 2.95. The van der Waals surface area contributed by atoms with Crippen molar-refractivity contribution in [2.24, 2.45) is 0 Å². The molecule has 0 unspecified atom stereocenters. The maximum Gasteiger partial charge on any atom is 0.155 e. The Balaban J connectivity index is 0.000000620. The van der Waals surface area contributed by atoms with Gasteiger partial charge >= 0.3 is 0 Å². The summed E-state index contributed by atoms with van der Waals surface area (Å²) >= 11 is 0. The standard InChI is InChI=1S/C14H14NO2.C5H8O2.Rh/c1-10-6-7-15-13(8-10)12-5-4-11(16-2)9-14(12)17-3;1-4(6)3-5(2)7;/h4,6-9H,1-3H3;3,6H,1-2H3;/q-1;;/b;4-3-;. The maximum absolute atomic E-state index is 10.0. The van der Waals surface area contributed by atoms with Crippen LogP contribution in [0.2, 0.25) is 0 Å². The van der Waals surface area contributed by atoms with Crippen molar-refractivity contribution in [2.45, 2.75) is 20.8 Å². The summed E-state index contributed by atoms with van der Waals surface area (Å²) in [6.45, 7) is 4.88. The van der Waals surface area contributed by atoms with E-state index in [9.17, 15) is 4.79 Å². The second-order valence-electron chi connectivity index (χ2n) is 5.10. The molecule has 0 saturated heterocycles. The zero-order valence-corrected chi connectivity index (χ0v) is 16.6. The molecule has 2 rings (SSSR count). The first-order valence-corrected chi connectivity index (χ1v) is 7.32. The quantitative estimate of drug-likeness (QED) is 0.344. The Morgan fingerprint density at radius 3 is 2.36 bits per heavy atom. The van der Waals surface area contributed by atoms with E-state index < -0.39 is 0 Å². The number of hydrogen-bond acceptors (Lipinski definition) is 5. The fraction of sp³-hybridized carbons (Fsp3) is 0.263. The van der Waals surface area contributed by atoms with Crippen LogP contribution < -0.4 is 9.47 Å². The molecule has 0 atom stereocenters. The Bertz CT molecular complexity index is 725. The summed E-state index contributed by atoms with van der Waals surface area (Å²) in [6, 6.07) is 10.7. The number of hydrogen-bond donors (Lipinski definition) is 1. The van der Waals surface area contributed by atoms with Crippen LogP contribution in [0.25, 0.3) is 11.3 Å². The van der Waals surface area contributed by atoms with Gasteiger partial charge in [0.2, 0.25) is 0 Å². The predicted octanol–water partition coefficient (Wildman–Crippen LogP) is 3.91. The number of benzene rings is 1. The summed E-state index contributed by atoms with van der Waals surface area (Å²) in [5.41, 5.74) is 2.85. The molecule has 0 bridgehead atoms. The Kier molecular flexibility index (Phi) is 10.4. The number of ether oxygens (including phenoxy) is 2. The minimum Gasteiger partial charge on any atom is -0.540 e. The molecule has 0 fully saturated rings. The SMILES string of the molecule is CC(=O)/C=C(/C)O.COc1c[c-]c(-c2cc(C)ccn2)c(OC)c1.[Rh]. The molecule has 0 spiro atoms. The molecule has 1 aromatic heterocycles. The molecule has 1 radical (unpaired) electrons. The van der Waals surface area contributed by atoms with Crippen LogP contribution in [0.15, 0.2) is 42.3 Å². The number of allylic oxidation sites excluding steroid dienone is 2. The number of aliphatic hydroxyl groups excluding tert-OH is 1. The van der Waals surface area contributed by atoms with Crippen molar-refractivity contribution < 1.29 is 38.9 Å². The molecule has 0 saturated carbocycles. The van der Waals surface area contributed by atoms with Gasteiger partial charge in [-0.05, 0) is 32.5 Å². The van der Waals surface area contributed by atoms with E-state index in [0.29, 0.717) is 5.75 Å². The monoisotopic (exact) mass is 431 g/mol. The van der Waals surface area contributed by atoms with Crippen LogP contribution in [0.3, 0.4) is 0 Å². The summed E-state index contributed by atoms with van der Waals surface area (Å²) in [5, 5.41) is 8.36. The van der Waals surface area contributed by atoms with E-state index in [-0.39, 0.29) is 31.0 Å². The van der Waals surface area contributed by atoms with Crippen LogP contribution in [0, 0.1) is 13.0 Å². The Morgan fingerprint density at radius 2 is 1.92 bits per heavy atom. The van der Waals surface area contributed by atoms with E-state index in [1.54, 1.807) is 26.5 Å². The fourth-order valence-electron chi connectivity index (χ4n) is 1.90. The van der Waals surface area contributed by atoms with E-state index in [2.05, 4.69) is 11.1 Å². The molecule has 0 aliphatic rings. The van der Waals surface area contributed by atoms with Gasteiger partial charge in [-0.25, -0.2) is 0 Å². The van der Waals surface area contributed by atoms with Gasteiger partial charge in [-0.2, -0.15) is 0 Å². The molecule has 0 aliphatic heterocycles. The average Bonchev–Trinajstić information content (AvgIpc) is 2.53. The fourth-order valence-corrected chi connectivity index (χ4v) is 1.90. The molecular formula is C19H22NO4Rh-. The van der Waals surface area contributed by atoms with Crippen molar-refractivity contribution in [3.8, 4) is 22.8 Å². The number of rotatable bonds is 4. The minimum atomic E-state index is -0.125. The number of aliphatic hydroxyl groups is 1. The third-order valence-electron chi connectivity index (χ3n) is 2.92. The number of pyridine rings is 1. The molecule has 2 aromatic rings. The minimum absolute atomic E-state index is 0. The second-order valence-corrected chi connectivity index (χ2v) is 5.10. The van der Waals surface area contributed by atoms with E-state index in [1.807, 2.05) is 25.1 Å². The van der Waals surface area contributed by atoms with Gasteiger partial charge in [0.15, 0.2) is 5.78 Å². The van der Waals surface area contributed by atoms with Crippen LogP contribution in [0.5, 0.6) is 11.5 Å². The number of nitrogens with zero attached hydrogens (tertiary/aromatic N) is 1. The first-order valence-electron chi connectivity index (χ1n) is 7.32. The van der Waals surface area contributed by atoms with Crippen molar-refractivity contribution in [1.82, 2.24) is 4.98 Å². The van der Waals surface area contributed by atoms with E-state index in [0.717, 1.165) is 22.6 Å². The molecule has 0 aliphatic carbocycles. The largest absolute Gasteiger partial charge is 0.540 e. The predicted molar refractivity (Wildman–Crippen MR) is 93.4 cm³/mol. The number of aromatic nitrogens is 1. The van der Waals surface area contributed by atoms with Crippen LogP contribution in [0.4, 0.5) is 0 Å².